The number of ether oxygens (including phenoxy) is 1. The molecule has 0 aliphatic rings. The van der Waals surface area contributed by atoms with Gasteiger partial charge in [-0.2, -0.15) is 0 Å². The highest BCUT2D eigenvalue weighted by atomic mass is 79.9. The zero-order valence-electron chi connectivity index (χ0n) is 10.9. The van der Waals surface area contributed by atoms with E-state index in [1.165, 1.54) is 7.11 Å². The Balaban J connectivity index is 2.11. The summed E-state index contributed by atoms with van der Waals surface area (Å²) in [5, 5.41) is 6.17. The average Bonchev–Trinajstić information content (AvgIpc) is 2.43. The third-order valence-corrected chi connectivity index (χ3v) is 3.82. The fraction of sp³-hybridized carbons (Fsp3) is 0.0714. The number of anilines is 2. The van der Waals surface area contributed by atoms with Gasteiger partial charge in [0.1, 0.15) is 5.75 Å². The summed E-state index contributed by atoms with van der Waals surface area (Å²) in [6.45, 7) is 0. The van der Waals surface area contributed by atoms with Gasteiger partial charge in [0.25, 0.3) is 0 Å². The number of benzene rings is 2. The molecule has 0 saturated heterocycles. The topological polar surface area (TPSA) is 50.4 Å². The van der Waals surface area contributed by atoms with Crippen LogP contribution in [0.25, 0.3) is 0 Å². The molecule has 0 unspecified atom stereocenters. The van der Waals surface area contributed by atoms with E-state index in [2.05, 4.69) is 26.6 Å². The summed E-state index contributed by atoms with van der Waals surface area (Å²) in [5.74, 6) is 0.558. The largest absolute Gasteiger partial charge is 0.495 e. The van der Waals surface area contributed by atoms with Crippen LogP contribution >= 0.6 is 39.1 Å². The summed E-state index contributed by atoms with van der Waals surface area (Å²) in [6.07, 6.45) is 0. The van der Waals surface area contributed by atoms with Crippen molar-refractivity contribution < 1.29 is 9.53 Å². The molecule has 7 heteroatoms. The maximum Gasteiger partial charge on any atom is 0.323 e. The van der Waals surface area contributed by atoms with Crippen molar-refractivity contribution in [2.45, 2.75) is 0 Å². The maximum absolute atomic E-state index is 12.0. The van der Waals surface area contributed by atoms with Crippen LogP contribution in [0.3, 0.4) is 0 Å². The molecule has 2 N–H and O–H groups in total. The van der Waals surface area contributed by atoms with Gasteiger partial charge in [-0.3, -0.25) is 0 Å². The maximum atomic E-state index is 12.0. The first-order valence-corrected chi connectivity index (χ1v) is 7.41. The number of nitrogens with one attached hydrogen (secondary N) is 2. The highest BCUT2D eigenvalue weighted by Crippen LogP contribution is 2.28. The first-order valence-electron chi connectivity index (χ1n) is 5.86. The summed E-state index contributed by atoms with van der Waals surface area (Å²) in [6, 6.07) is 9.74. The summed E-state index contributed by atoms with van der Waals surface area (Å²) in [5.41, 5.74) is 1.08. The van der Waals surface area contributed by atoms with Crippen LogP contribution in [0.5, 0.6) is 5.75 Å². The van der Waals surface area contributed by atoms with E-state index in [1.807, 2.05) is 6.07 Å². The molecule has 0 bridgehead atoms. The van der Waals surface area contributed by atoms with Crippen molar-refractivity contribution in [1.82, 2.24) is 0 Å². The first-order chi connectivity index (χ1) is 9.99. The summed E-state index contributed by atoms with van der Waals surface area (Å²) in [7, 11) is 1.53. The highest BCUT2D eigenvalue weighted by molar-refractivity contribution is 9.10. The molecule has 2 aromatic rings. The molecule has 2 aromatic carbocycles. The highest BCUT2D eigenvalue weighted by Gasteiger charge is 2.09. The molecule has 0 aromatic heterocycles. The Hall–Kier alpha value is -1.43. The van der Waals surface area contributed by atoms with Crippen molar-refractivity contribution in [3.8, 4) is 5.75 Å². The van der Waals surface area contributed by atoms with Crippen molar-refractivity contribution in [2.75, 3.05) is 17.7 Å². The van der Waals surface area contributed by atoms with Crippen molar-refractivity contribution in [1.29, 1.82) is 0 Å². The number of amides is 2. The number of urea groups is 1. The van der Waals surface area contributed by atoms with Crippen LogP contribution in [-0.4, -0.2) is 13.1 Å². The molecular formula is C14H11BrCl2N2O2. The smallest absolute Gasteiger partial charge is 0.323 e. The van der Waals surface area contributed by atoms with Crippen LogP contribution in [0.1, 0.15) is 0 Å². The third kappa shape index (κ3) is 4.27. The van der Waals surface area contributed by atoms with E-state index in [-0.39, 0.29) is 0 Å². The monoisotopic (exact) mass is 388 g/mol. The number of methoxy groups -OCH3 is 1. The molecule has 0 radical (unpaired) electrons. The molecule has 2 rings (SSSR count). The standard InChI is InChI=1S/C14H11BrCl2N2O2/c1-21-13-5-2-8(15)6-12(13)19-14(20)18-9-3-4-10(16)11(17)7-9/h2-7H,1H3,(H2,18,19,20). The van der Waals surface area contributed by atoms with Crippen molar-refractivity contribution >= 4 is 56.5 Å². The van der Waals surface area contributed by atoms with Crippen LogP contribution < -0.4 is 15.4 Å². The predicted octanol–water partition coefficient (Wildman–Crippen LogP) is 5.41. The number of rotatable bonds is 3. The van der Waals surface area contributed by atoms with Crippen LogP contribution in [0.4, 0.5) is 16.2 Å². The normalized spacial score (nSPS) is 10.1. The SMILES string of the molecule is COc1ccc(Br)cc1NC(=O)Nc1ccc(Cl)c(Cl)c1. The Bertz CT molecular complexity index is 680. The zero-order chi connectivity index (χ0) is 15.4. The lowest BCUT2D eigenvalue weighted by Crippen LogP contribution is -2.19. The molecule has 0 spiro atoms. The van der Waals surface area contributed by atoms with Gasteiger partial charge in [-0.15, -0.1) is 0 Å². The second-order valence-electron chi connectivity index (χ2n) is 4.05. The van der Waals surface area contributed by atoms with Crippen LogP contribution in [0.15, 0.2) is 40.9 Å². The quantitative estimate of drug-likeness (QED) is 0.737. The molecule has 0 fully saturated rings. The van der Waals surface area contributed by atoms with Crippen molar-refractivity contribution in [2.24, 2.45) is 0 Å². The van der Waals surface area contributed by atoms with Gasteiger partial charge in [-0.1, -0.05) is 39.1 Å². The Labute approximate surface area is 140 Å². The Morgan fingerprint density at radius 2 is 1.86 bits per heavy atom. The second-order valence-corrected chi connectivity index (χ2v) is 5.78. The fourth-order valence-electron chi connectivity index (χ4n) is 1.64. The summed E-state index contributed by atoms with van der Waals surface area (Å²) >= 11 is 15.1. The van der Waals surface area contributed by atoms with Gasteiger partial charge in [-0.25, -0.2) is 4.79 Å². The average molecular weight is 390 g/mol. The number of halogens is 3. The molecule has 0 aliphatic heterocycles. The molecule has 0 atom stereocenters. The molecule has 110 valence electrons. The van der Waals surface area contributed by atoms with Gasteiger partial charge in [0.2, 0.25) is 0 Å². The number of carbonyl (C=O) groups is 1. The lowest BCUT2D eigenvalue weighted by atomic mass is 10.3. The van der Waals surface area contributed by atoms with E-state index in [0.29, 0.717) is 27.2 Å². The van der Waals surface area contributed by atoms with Gasteiger partial charge in [0, 0.05) is 10.2 Å². The van der Waals surface area contributed by atoms with Gasteiger partial charge in [0.15, 0.2) is 0 Å². The minimum atomic E-state index is -0.412. The lowest BCUT2D eigenvalue weighted by molar-refractivity contribution is 0.262. The van der Waals surface area contributed by atoms with E-state index in [4.69, 9.17) is 27.9 Å². The molecular weight excluding hydrogens is 379 g/mol. The number of carbonyl (C=O) groups excluding carboxylic acids is 1. The van der Waals surface area contributed by atoms with E-state index >= 15 is 0 Å². The predicted molar refractivity (Wildman–Crippen MR) is 89.8 cm³/mol. The van der Waals surface area contributed by atoms with Gasteiger partial charge < -0.3 is 15.4 Å². The van der Waals surface area contributed by atoms with Crippen molar-refractivity contribution in [3.63, 3.8) is 0 Å². The van der Waals surface area contributed by atoms with E-state index in [9.17, 15) is 4.79 Å². The van der Waals surface area contributed by atoms with E-state index in [0.717, 1.165) is 4.47 Å². The van der Waals surface area contributed by atoms with Crippen molar-refractivity contribution in [3.05, 3.63) is 50.9 Å². The molecule has 0 aliphatic carbocycles. The third-order valence-electron chi connectivity index (χ3n) is 2.59. The Morgan fingerprint density at radius 1 is 1.10 bits per heavy atom. The first kappa shape index (κ1) is 15.9. The molecule has 21 heavy (non-hydrogen) atoms. The zero-order valence-corrected chi connectivity index (χ0v) is 14.0. The molecule has 2 amide bonds. The van der Waals surface area contributed by atoms with E-state index in [1.54, 1.807) is 30.3 Å². The molecule has 4 nitrogen and oxygen atoms in total. The second kappa shape index (κ2) is 7.02. The van der Waals surface area contributed by atoms with Crippen LogP contribution in [0.2, 0.25) is 10.0 Å². The Kier molecular flexibility index (Phi) is 5.33. The van der Waals surface area contributed by atoms with Gasteiger partial charge >= 0.3 is 6.03 Å². The Morgan fingerprint density at radius 3 is 2.52 bits per heavy atom. The minimum Gasteiger partial charge on any atom is -0.495 e. The summed E-state index contributed by atoms with van der Waals surface area (Å²) < 4.78 is 6.01. The van der Waals surface area contributed by atoms with Gasteiger partial charge in [-0.05, 0) is 36.4 Å². The van der Waals surface area contributed by atoms with Gasteiger partial charge in [0.05, 0.1) is 22.8 Å². The fourth-order valence-corrected chi connectivity index (χ4v) is 2.30. The van der Waals surface area contributed by atoms with Crippen LogP contribution in [-0.2, 0) is 0 Å². The van der Waals surface area contributed by atoms with Crippen LogP contribution in [0, 0.1) is 0 Å². The minimum absolute atomic E-state index is 0.370. The van der Waals surface area contributed by atoms with E-state index < -0.39 is 6.03 Å². The number of hydrogen-bond donors (Lipinski definition) is 2. The summed E-state index contributed by atoms with van der Waals surface area (Å²) in [4.78, 5) is 12.0. The molecule has 0 heterocycles. The lowest BCUT2D eigenvalue weighted by Gasteiger charge is -2.12. The molecule has 0 saturated carbocycles. The number of hydrogen-bond acceptors (Lipinski definition) is 2.